The Balaban J connectivity index is 1.77. The first-order valence-corrected chi connectivity index (χ1v) is 10.4. The first-order chi connectivity index (χ1) is 15.6. The molecule has 0 amide bonds. The summed E-state index contributed by atoms with van der Waals surface area (Å²) >= 11 is 0. The molecule has 2 aliphatic rings. The third-order valence-corrected chi connectivity index (χ3v) is 5.03. The number of hydrogen-bond acceptors (Lipinski definition) is 11. The fourth-order valence-electron chi connectivity index (χ4n) is 3.60. The van der Waals surface area contributed by atoms with Gasteiger partial charge < -0.3 is 33.5 Å². The van der Waals surface area contributed by atoms with Gasteiger partial charge in [0, 0.05) is 27.7 Å². The molecule has 3 rings (SSSR count). The van der Waals surface area contributed by atoms with Crippen LogP contribution in [0, 0.1) is 0 Å². The highest BCUT2D eigenvalue weighted by atomic mass is 16.9. The number of aliphatic hydroxyl groups excluding tert-OH is 1. The van der Waals surface area contributed by atoms with Crippen LogP contribution in [0.3, 0.4) is 0 Å². The van der Waals surface area contributed by atoms with Gasteiger partial charge in [-0.3, -0.25) is 19.1 Å². The Hall–Kier alpha value is -2.57. The molecule has 11 nitrogen and oxygen atoms in total. The summed E-state index contributed by atoms with van der Waals surface area (Å²) in [4.78, 5) is 34.8. The summed E-state index contributed by atoms with van der Waals surface area (Å²) in [5.74, 6) is -3.40. The van der Waals surface area contributed by atoms with Crippen molar-refractivity contribution in [1.82, 2.24) is 0 Å². The predicted octanol–water partition coefficient (Wildman–Crippen LogP) is 0.936. The van der Waals surface area contributed by atoms with Crippen LogP contribution in [0.15, 0.2) is 24.3 Å². The Bertz CT molecular complexity index is 854. The first kappa shape index (κ1) is 25.1. The van der Waals surface area contributed by atoms with Crippen molar-refractivity contribution in [3.8, 4) is 0 Å². The monoisotopic (exact) mass is 468 g/mol. The molecule has 0 aliphatic carbocycles. The normalized spacial score (nSPS) is 30.9. The van der Waals surface area contributed by atoms with Crippen molar-refractivity contribution in [3.63, 3.8) is 0 Å². The molecule has 2 heterocycles. The lowest BCUT2D eigenvalue weighted by molar-refractivity contribution is -0.349. The van der Waals surface area contributed by atoms with Crippen LogP contribution in [0.2, 0.25) is 0 Å². The largest absolute Gasteiger partial charge is 0.463 e. The summed E-state index contributed by atoms with van der Waals surface area (Å²) in [7, 11) is 0. The van der Waals surface area contributed by atoms with Crippen LogP contribution in [0.5, 0.6) is 0 Å². The van der Waals surface area contributed by atoms with Crippen molar-refractivity contribution >= 4 is 17.9 Å². The van der Waals surface area contributed by atoms with E-state index >= 15 is 0 Å². The molecule has 0 spiro atoms. The average Bonchev–Trinajstić information content (AvgIpc) is 3.09. The second kappa shape index (κ2) is 10.6. The van der Waals surface area contributed by atoms with Crippen molar-refractivity contribution in [2.45, 2.75) is 77.6 Å². The van der Waals surface area contributed by atoms with Gasteiger partial charge in [0.15, 0.2) is 24.6 Å². The second-order valence-electron chi connectivity index (χ2n) is 7.82. The van der Waals surface area contributed by atoms with Crippen LogP contribution in [-0.2, 0) is 60.8 Å². The summed E-state index contributed by atoms with van der Waals surface area (Å²) in [6.07, 6.45) is -5.21. The molecule has 0 saturated carbocycles. The number of carbonyl (C=O) groups is 3. The predicted molar refractivity (Wildman–Crippen MR) is 108 cm³/mol. The van der Waals surface area contributed by atoms with Gasteiger partial charge in [0.1, 0.15) is 12.7 Å². The Kier molecular flexibility index (Phi) is 8.03. The van der Waals surface area contributed by atoms with Gasteiger partial charge in [-0.25, -0.2) is 0 Å². The lowest BCUT2D eigenvalue weighted by atomic mass is 9.98. The van der Waals surface area contributed by atoms with E-state index < -0.39 is 54.6 Å². The zero-order valence-corrected chi connectivity index (χ0v) is 18.8. The van der Waals surface area contributed by atoms with E-state index in [-0.39, 0.29) is 19.8 Å². The van der Waals surface area contributed by atoms with Gasteiger partial charge >= 0.3 is 17.9 Å². The third kappa shape index (κ3) is 6.49. The molecule has 2 saturated heterocycles. The molecule has 182 valence electrons. The number of ether oxygens (including phenoxy) is 7. The fourth-order valence-corrected chi connectivity index (χ4v) is 3.60. The SMILES string of the molecule is CC(=O)OC[C@H]1O[C@H]2OC(C)(OCc3ccc(CO)cc3)O[C@H]2[C@@H](OC(C)=O)[C@@H]1OC(C)=O. The van der Waals surface area contributed by atoms with Gasteiger partial charge in [-0.15, -0.1) is 0 Å². The van der Waals surface area contributed by atoms with Gasteiger partial charge in [0.05, 0.1) is 13.2 Å². The molecule has 2 aliphatic heterocycles. The highest BCUT2D eigenvalue weighted by molar-refractivity contribution is 5.68. The number of aliphatic hydroxyl groups is 1. The van der Waals surface area contributed by atoms with Crippen molar-refractivity contribution in [2.75, 3.05) is 6.61 Å². The van der Waals surface area contributed by atoms with Gasteiger partial charge in [-0.1, -0.05) is 24.3 Å². The molecule has 1 aromatic rings. The summed E-state index contributed by atoms with van der Waals surface area (Å²) in [5.41, 5.74) is 1.57. The smallest absolute Gasteiger partial charge is 0.303 e. The van der Waals surface area contributed by atoms with Crippen LogP contribution >= 0.6 is 0 Å². The minimum atomic E-state index is -1.57. The van der Waals surface area contributed by atoms with Crippen molar-refractivity contribution in [1.29, 1.82) is 0 Å². The maximum Gasteiger partial charge on any atom is 0.303 e. The first-order valence-electron chi connectivity index (χ1n) is 10.4. The number of benzene rings is 1. The van der Waals surface area contributed by atoms with Gasteiger partial charge in [0.2, 0.25) is 0 Å². The number of carbonyl (C=O) groups excluding carboxylic acids is 3. The van der Waals surface area contributed by atoms with E-state index in [1.54, 1.807) is 24.3 Å². The number of fused-ring (bicyclic) bond motifs is 1. The summed E-state index contributed by atoms with van der Waals surface area (Å²) in [5, 5.41) is 9.16. The topological polar surface area (TPSA) is 136 Å². The molecule has 2 fully saturated rings. The minimum Gasteiger partial charge on any atom is -0.463 e. The zero-order chi connectivity index (χ0) is 24.2. The van der Waals surface area contributed by atoms with Crippen LogP contribution in [0.25, 0.3) is 0 Å². The molecule has 0 bridgehead atoms. The van der Waals surface area contributed by atoms with E-state index in [9.17, 15) is 14.4 Å². The second-order valence-corrected chi connectivity index (χ2v) is 7.82. The van der Waals surface area contributed by atoms with Crippen LogP contribution in [0.1, 0.15) is 38.8 Å². The van der Waals surface area contributed by atoms with E-state index in [0.717, 1.165) is 11.1 Å². The lowest BCUT2D eigenvalue weighted by Crippen LogP contribution is -2.60. The standard InChI is InChI=1S/C22H28O11/c1-12(24)27-11-17-18(29-13(2)25)19(30-14(3)26)20-21(31-17)33-22(4,32-20)28-10-16-7-5-15(9-23)6-8-16/h5-8,17-21,23H,9-11H2,1-4H3/t17-,18-,19+,20+,21+,22?/m1/s1. The molecule has 33 heavy (non-hydrogen) atoms. The highest BCUT2D eigenvalue weighted by Crippen LogP contribution is 2.40. The average molecular weight is 468 g/mol. The number of rotatable bonds is 8. The van der Waals surface area contributed by atoms with E-state index in [4.69, 9.17) is 38.3 Å². The third-order valence-electron chi connectivity index (χ3n) is 5.03. The van der Waals surface area contributed by atoms with Crippen molar-refractivity contribution < 1.29 is 52.6 Å². The van der Waals surface area contributed by atoms with Crippen molar-refractivity contribution in [2.24, 2.45) is 0 Å². The van der Waals surface area contributed by atoms with Gasteiger partial charge in [-0.2, -0.15) is 0 Å². The molecule has 1 N–H and O–H groups in total. The maximum absolute atomic E-state index is 11.8. The Morgan fingerprint density at radius 2 is 1.55 bits per heavy atom. The van der Waals surface area contributed by atoms with E-state index in [2.05, 4.69) is 0 Å². The van der Waals surface area contributed by atoms with E-state index in [1.807, 2.05) is 0 Å². The molecular formula is C22H28O11. The van der Waals surface area contributed by atoms with E-state index in [0.29, 0.717) is 0 Å². The highest BCUT2D eigenvalue weighted by Gasteiger charge is 2.59. The summed E-state index contributed by atoms with van der Waals surface area (Å²) < 4.78 is 39.3. The zero-order valence-electron chi connectivity index (χ0n) is 18.8. The quantitative estimate of drug-likeness (QED) is 0.431. The molecule has 0 radical (unpaired) electrons. The molecule has 0 aromatic heterocycles. The fraction of sp³-hybridized carbons (Fsp3) is 0.591. The van der Waals surface area contributed by atoms with Crippen molar-refractivity contribution in [3.05, 3.63) is 35.4 Å². The number of esters is 3. The maximum atomic E-state index is 11.8. The molecular weight excluding hydrogens is 440 g/mol. The van der Waals surface area contributed by atoms with Crippen LogP contribution in [0.4, 0.5) is 0 Å². The molecule has 1 aromatic carbocycles. The lowest BCUT2D eigenvalue weighted by Gasteiger charge is -2.40. The Morgan fingerprint density at radius 1 is 0.939 bits per heavy atom. The van der Waals surface area contributed by atoms with E-state index in [1.165, 1.54) is 27.7 Å². The summed E-state index contributed by atoms with van der Waals surface area (Å²) in [6.45, 7) is 4.95. The van der Waals surface area contributed by atoms with Crippen LogP contribution in [-0.4, -0.2) is 66.3 Å². The molecule has 1 unspecified atom stereocenters. The Morgan fingerprint density at radius 3 is 2.12 bits per heavy atom. The molecule has 11 heteroatoms. The Labute approximate surface area is 190 Å². The summed E-state index contributed by atoms with van der Waals surface area (Å²) in [6, 6.07) is 7.11. The van der Waals surface area contributed by atoms with Gasteiger partial charge in [0.25, 0.3) is 5.97 Å². The van der Waals surface area contributed by atoms with Gasteiger partial charge in [-0.05, 0) is 11.1 Å². The van der Waals surface area contributed by atoms with Crippen LogP contribution < -0.4 is 0 Å². The molecule has 6 atom stereocenters. The number of hydrogen-bond donors (Lipinski definition) is 1. The minimum absolute atomic E-state index is 0.0681.